The van der Waals surface area contributed by atoms with Crippen LogP contribution in [-0.2, 0) is 6.54 Å². The van der Waals surface area contributed by atoms with E-state index in [1.54, 1.807) is 23.8 Å². The van der Waals surface area contributed by atoms with Gasteiger partial charge in [0.15, 0.2) is 5.65 Å². The minimum atomic E-state index is -0.622. The molecular weight excluding hydrogens is 266 g/mol. The van der Waals surface area contributed by atoms with Crippen LogP contribution in [0, 0.1) is 6.92 Å². The Morgan fingerprint density at radius 3 is 2.95 bits per heavy atom. The number of aliphatic hydroxyl groups excluding tert-OH is 1. The van der Waals surface area contributed by atoms with E-state index in [1.807, 2.05) is 31.3 Å². The highest BCUT2D eigenvalue weighted by molar-refractivity contribution is 5.54. The molecule has 0 spiro atoms. The van der Waals surface area contributed by atoms with Crippen molar-refractivity contribution in [3.63, 3.8) is 0 Å². The molecule has 0 amide bonds. The summed E-state index contributed by atoms with van der Waals surface area (Å²) >= 11 is 0. The second kappa shape index (κ2) is 5.49. The number of fused-ring (bicyclic) bond motifs is 1. The van der Waals surface area contributed by atoms with Crippen LogP contribution in [-0.4, -0.2) is 24.7 Å². The van der Waals surface area contributed by atoms with Gasteiger partial charge in [0.2, 0.25) is 0 Å². The Labute approximate surface area is 122 Å². The van der Waals surface area contributed by atoms with Gasteiger partial charge in [0.1, 0.15) is 5.82 Å². The average molecular weight is 283 g/mol. The zero-order chi connectivity index (χ0) is 14.8. The molecule has 3 heterocycles. The van der Waals surface area contributed by atoms with Crippen LogP contribution in [0.15, 0.2) is 36.8 Å². The van der Waals surface area contributed by atoms with E-state index in [0.717, 1.165) is 22.6 Å². The highest BCUT2D eigenvalue weighted by Gasteiger charge is 2.12. The van der Waals surface area contributed by atoms with E-state index >= 15 is 0 Å². The highest BCUT2D eigenvalue weighted by Crippen LogP contribution is 2.20. The summed E-state index contributed by atoms with van der Waals surface area (Å²) in [4.78, 5) is 8.54. The predicted molar refractivity (Wildman–Crippen MR) is 79.9 cm³/mol. The summed E-state index contributed by atoms with van der Waals surface area (Å²) in [6.45, 7) is 4.28. The molecule has 6 heteroatoms. The second-order valence-corrected chi connectivity index (χ2v) is 5.02. The van der Waals surface area contributed by atoms with Crippen molar-refractivity contribution in [2.24, 2.45) is 0 Å². The van der Waals surface area contributed by atoms with Crippen molar-refractivity contribution in [1.82, 2.24) is 19.6 Å². The number of aliphatic hydroxyl groups is 1. The molecule has 0 fully saturated rings. The zero-order valence-electron chi connectivity index (χ0n) is 12.0. The monoisotopic (exact) mass is 283 g/mol. The maximum absolute atomic E-state index is 9.79. The Bertz CT molecular complexity index is 751. The van der Waals surface area contributed by atoms with Gasteiger partial charge in [-0.1, -0.05) is 6.07 Å². The van der Waals surface area contributed by atoms with Gasteiger partial charge in [-0.05, 0) is 25.5 Å². The molecule has 3 aromatic rings. The number of pyridine rings is 1. The smallest absolute Gasteiger partial charge is 0.160 e. The summed E-state index contributed by atoms with van der Waals surface area (Å²) in [7, 11) is 0. The van der Waals surface area contributed by atoms with Crippen LogP contribution in [0.1, 0.15) is 29.8 Å². The standard InChI is InChI=1S/C15H17N5O/c1-10-7-18-20-14(6-13(11(2)21)19-15(10)20)17-9-12-4-3-5-16-8-12/h3-8,11,17,21H,9H2,1-2H3. The fraction of sp³-hybridized carbons (Fsp3) is 0.267. The number of anilines is 1. The molecule has 21 heavy (non-hydrogen) atoms. The maximum Gasteiger partial charge on any atom is 0.160 e. The maximum atomic E-state index is 9.79. The van der Waals surface area contributed by atoms with Gasteiger partial charge < -0.3 is 10.4 Å². The second-order valence-electron chi connectivity index (χ2n) is 5.02. The number of aromatic nitrogens is 4. The van der Waals surface area contributed by atoms with E-state index in [-0.39, 0.29) is 0 Å². The number of nitrogens with one attached hydrogen (secondary N) is 1. The average Bonchev–Trinajstić information content (AvgIpc) is 2.87. The minimum absolute atomic E-state index is 0.622. The predicted octanol–water partition coefficient (Wildman–Crippen LogP) is 2.10. The Hall–Kier alpha value is -2.47. The molecule has 3 aromatic heterocycles. The number of hydrogen-bond acceptors (Lipinski definition) is 5. The first-order valence-electron chi connectivity index (χ1n) is 6.81. The van der Waals surface area contributed by atoms with Gasteiger partial charge in [0, 0.05) is 30.6 Å². The van der Waals surface area contributed by atoms with E-state index in [4.69, 9.17) is 0 Å². The zero-order valence-corrected chi connectivity index (χ0v) is 12.0. The number of aryl methyl sites for hydroxylation is 1. The molecule has 3 rings (SSSR count). The Balaban J connectivity index is 1.96. The van der Waals surface area contributed by atoms with Gasteiger partial charge in [-0.25, -0.2) is 4.98 Å². The first kappa shape index (κ1) is 13.5. The lowest BCUT2D eigenvalue weighted by Gasteiger charge is -2.12. The van der Waals surface area contributed by atoms with Crippen molar-refractivity contribution >= 4 is 11.5 Å². The molecule has 0 bridgehead atoms. The first-order chi connectivity index (χ1) is 10.1. The van der Waals surface area contributed by atoms with E-state index in [2.05, 4.69) is 20.4 Å². The SMILES string of the molecule is Cc1cnn2c(NCc3cccnc3)cc(C(C)O)nc12. The van der Waals surface area contributed by atoms with Crippen molar-refractivity contribution in [3.8, 4) is 0 Å². The lowest BCUT2D eigenvalue weighted by atomic mass is 10.2. The van der Waals surface area contributed by atoms with Crippen LogP contribution in [0.3, 0.4) is 0 Å². The van der Waals surface area contributed by atoms with E-state index in [1.165, 1.54) is 0 Å². The summed E-state index contributed by atoms with van der Waals surface area (Å²) in [6.07, 6.45) is 4.71. The molecule has 6 nitrogen and oxygen atoms in total. The normalized spacial score (nSPS) is 12.5. The van der Waals surface area contributed by atoms with Crippen molar-refractivity contribution in [2.75, 3.05) is 5.32 Å². The van der Waals surface area contributed by atoms with Crippen molar-refractivity contribution in [1.29, 1.82) is 0 Å². The van der Waals surface area contributed by atoms with Crippen LogP contribution >= 0.6 is 0 Å². The fourth-order valence-corrected chi connectivity index (χ4v) is 2.13. The third-order valence-corrected chi connectivity index (χ3v) is 3.29. The number of nitrogens with zero attached hydrogens (tertiary/aromatic N) is 4. The molecule has 0 aromatic carbocycles. The van der Waals surface area contributed by atoms with E-state index in [0.29, 0.717) is 12.2 Å². The van der Waals surface area contributed by atoms with Crippen LogP contribution in [0.25, 0.3) is 5.65 Å². The Morgan fingerprint density at radius 2 is 2.24 bits per heavy atom. The highest BCUT2D eigenvalue weighted by atomic mass is 16.3. The van der Waals surface area contributed by atoms with Crippen molar-refractivity contribution in [2.45, 2.75) is 26.5 Å². The van der Waals surface area contributed by atoms with Gasteiger partial charge in [-0.3, -0.25) is 4.98 Å². The molecule has 108 valence electrons. The van der Waals surface area contributed by atoms with Gasteiger partial charge in [0.25, 0.3) is 0 Å². The largest absolute Gasteiger partial charge is 0.387 e. The van der Waals surface area contributed by atoms with Gasteiger partial charge in [-0.15, -0.1) is 0 Å². The van der Waals surface area contributed by atoms with Crippen LogP contribution in [0.5, 0.6) is 0 Å². The van der Waals surface area contributed by atoms with Crippen molar-refractivity contribution < 1.29 is 5.11 Å². The Morgan fingerprint density at radius 1 is 1.38 bits per heavy atom. The summed E-state index contributed by atoms with van der Waals surface area (Å²) in [5, 5.41) is 17.4. The topological polar surface area (TPSA) is 75.3 Å². The molecule has 0 radical (unpaired) electrons. The van der Waals surface area contributed by atoms with Gasteiger partial charge >= 0.3 is 0 Å². The summed E-state index contributed by atoms with van der Waals surface area (Å²) in [5.41, 5.74) is 3.42. The fourth-order valence-electron chi connectivity index (χ4n) is 2.13. The van der Waals surface area contributed by atoms with Gasteiger partial charge in [-0.2, -0.15) is 9.61 Å². The molecular formula is C15H17N5O. The van der Waals surface area contributed by atoms with E-state index < -0.39 is 6.10 Å². The summed E-state index contributed by atoms with van der Waals surface area (Å²) in [5.74, 6) is 0.799. The summed E-state index contributed by atoms with van der Waals surface area (Å²) < 4.78 is 1.75. The van der Waals surface area contributed by atoms with E-state index in [9.17, 15) is 5.11 Å². The van der Waals surface area contributed by atoms with Crippen LogP contribution in [0.2, 0.25) is 0 Å². The first-order valence-corrected chi connectivity index (χ1v) is 6.81. The molecule has 0 saturated heterocycles. The molecule has 0 aliphatic heterocycles. The van der Waals surface area contributed by atoms with Crippen molar-refractivity contribution in [3.05, 3.63) is 53.6 Å². The lowest BCUT2D eigenvalue weighted by Crippen LogP contribution is -2.09. The molecule has 1 atom stereocenters. The number of hydrogen-bond donors (Lipinski definition) is 2. The molecule has 0 aliphatic carbocycles. The molecule has 1 unspecified atom stereocenters. The molecule has 0 aliphatic rings. The quantitative estimate of drug-likeness (QED) is 0.767. The van der Waals surface area contributed by atoms with Gasteiger partial charge in [0.05, 0.1) is 18.0 Å². The molecule has 2 N–H and O–H groups in total. The Kier molecular flexibility index (Phi) is 3.53. The van der Waals surface area contributed by atoms with Crippen LogP contribution in [0.4, 0.5) is 5.82 Å². The third-order valence-electron chi connectivity index (χ3n) is 3.29. The minimum Gasteiger partial charge on any atom is -0.387 e. The third kappa shape index (κ3) is 2.71. The number of rotatable bonds is 4. The lowest BCUT2D eigenvalue weighted by molar-refractivity contribution is 0.194. The molecule has 0 saturated carbocycles. The van der Waals surface area contributed by atoms with Crippen LogP contribution < -0.4 is 5.32 Å². The summed E-state index contributed by atoms with van der Waals surface area (Å²) in [6, 6.07) is 5.72.